The Hall–Kier alpha value is -2.84. The lowest BCUT2D eigenvalue weighted by Crippen LogP contribution is -2.44. The standard InChI is InChI=1S/C27H32ClFN2O5/c1-30(2)27(19-6-4-3-5-7-19)10-8-17(9-11-27)12-18-13-20(14-22(29)24(18)28)36-21-15-23(25(32)33)31(16-21)26(34)35/h3-7,13-14,17,21,23H,8-12,15-16H2,1-2H3,(H,32,33)(H,34,35)/t17?,21-,23-,27?/m0/s1. The monoisotopic (exact) mass is 518 g/mol. The van der Waals surface area contributed by atoms with Crippen LogP contribution in [0.3, 0.4) is 0 Å². The van der Waals surface area contributed by atoms with E-state index in [0.717, 1.165) is 30.6 Å². The number of ether oxygens (including phenoxy) is 1. The molecule has 2 atom stereocenters. The number of carboxylic acids is 1. The van der Waals surface area contributed by atoms with Gasteiger partial charge in [0.15, 0.2) is 0 Å². The van der Waals surface area contributed by atoms with Gasteiger partial charge in [0.25, 0.3) is 0 Å². The van der Waals surface area contributed by atoms with Gasteiger partial charge in [-0.2, -0.15) is 0 Å². The van der Waals surface area contributed by atoms with Gasteiger partial charge >= 0.3 is 12.1 Å². The normalized spacial score (nSPS) is 26.2. The number of nitrogens with zero attached hydrogens (tertiary/aromatic N) is 2. The van der Waals surface area contributed by atoms with Gasteiger partial charge in [0.2, 0.25) is 0 Å². The summed E-state index contributed by atoms with van der Waals surface area (Å²) in [6.07, 6.45) is 2.49. The fourth-order valence-corrected chi connectivity index (χ4v) is 5.95. The van der Waals surface area contributed by atoms with Crippen molar-refractivity contribution in [1.29, 1.82) is 0 Å². The third-order valence-corrected chi connectivity index (χ3v) is 8.20. The minimum Gasteiger partial charge on any atom is -0.488 e. The van der Waals surface area contributed by atoms with Crippen LogP contribution >= 0.6 is 11.6 Å². The van der Waals surface area contributed by atoms with Crippen molar-refractivity contribution >= 4 is 23.7 Å². The molecule has 2 fully saturated rings. The molecule has 7 nitrogen and oxygen atoms in total. The predicted molar refractivity (Wildman–Crippen MR) is 134 cm³/mol. The van der Waals surface area contributed by atoms with Crippen LogP contribution in [0.25, 0.3) is 0 Å². The zero-order valence-corrected chi connectivity index (χ0v) is 21.2. The maximum absolute atomic E-state index is 14.7. The van der Waals surface area contributed by atoms with Crippen molar-refractivity contribution in [2.75, 3.05) is 20.6 Å². The van der Waals surface area contributed by atoms with Crippen molar-refractivity contribution in [3.05, 3.63) is 64.4 Å². The highest BCUT2D eigenvalue weighted by Gasteiger charge is 2.41. The van der Waals surface area contributed by atoms with Crippen LogP contribution in [0.5, 0.6) is 5.75 Å². The summed E-state index contributed by atoms with van der Waals surface area (Å²) < 4.78 is 20.6. The van der Waals surface area contributed by atoms with Gasteiger partial charge in [-0.15, -0.1) is 0 Å². The van der Waals surface area contributed by atoms with E-state index in [9.17, 15) is 24.2 Å². The highest BCUT2D eigenvalue weighted by atomic mass is 35.5. The largest absolute Gasteiger partial charge is 0.488 e. The second-order valence-corrected chi connectivity index (χ2v) is 10.5. The molecule has 4 rings (SSSR count). The molecule has 9 heteroatoms. The Labute approximate surface area is 215 Å². The molecule has 1 aliphatic carbocycles. The molecule has 2 aliphatic rings. The van der Waals surface area contributed by atoms with E-state index in [0.29, 0.717) is 17.9 Å². The Balaban J connectivity index is 1.45. The highest BCUT2D eigenvalue weighted by molar-refractivity contribution is 6.31. The van der Waals surface area contributed by atoms with Gasteiger partial charge in [0.05, 0.1) is 11.6 Å². The van der Waals surface area contributed by atoms with Crippen molar-refractivity contribution in [1.82, 2.24) is 9.80 Å². The molecule has 194 valence electrons. The fourth-order valence-electron chi connectivity index (χ4n) is 5.77. The van der Waals surface area contributed by atoms with E-state index in [1.54, 1.807) is 6.07 Å². The van der Waals surface area contributed by atoms with Crippen LogP contribution in [0.4, 0.5) is 9.18 Å². The van der Waals surface area contributed by atoms with Crippen molar-refractivity contribution in [2.24, 2.45) is 5.92 Å². The third-order valence-electron chi connectivity index (χ3n) is 7.78. The minimum absolute atomic E-state index is 0.00403. The van der Waals surface area contributed by atoms with Crippen molar-refractivity contribution < 1.29 is 28.9 Å². The zero-order valence-electron chi connectivity index (χ0n) is 20.5. The van der Waals surface area contributed by atoms with Crippen LogP contribution in [-0.2, 0) is 16.8 Å². The SMILES string of the molecule is CN(C)C1(c2ccccc2)CCC(Cc2cc(O[C@H]3C[C@@H](C(=O)O)N(C(=O)O)C3)cc(F)c2Cl)CC1. The molecule has 36 heavy (non-hydrogen) atoms. The maximum atomic E-state index is 14.7. The van der Waals surface area contributed by atoms with Gasteiger partial charge in [0.1, 0.15) is 23.7 Å². The number of carbonyl (C=O) groups is 2. The maximum Gasteiger partial charge on any atom is 0.408 e. The molecule has 1 saturated carbocycles. The number of benzene rings is 2. The second-order valence-electron chi connectivity index (χ2n) is 10.1. The summed E-state index contributed by atoms with van der Waals surface area (Å²) in [5, 5.41) is 18.7. The Morgan fingerprint density at radius 3 is 2.39 bits per heavy atom. The highest BCUT2D eigenvalue weighted by Crippen LogP contribution is 2.44. The summed E-state index contributed by atoms with van der Waals surface area (Å²) in [6, 6.07) is 12.2. The van der Waals surface area contributed by atoms with E-state index in [4.69, 9.17) is 16.3 Å². The number of carboxylic acid groups (broad SMARTS) is 2. The average Bonchev–Trinajstić information content (AvgIpc) is 3.28. The fraction of sp³-hybridized carbons (Fsp3) is 0.481. The number of likely N-dealkylation sites (tertiary alicyclic amines) is 1. The van der Waals surface area contributed by atoms with Crippen molar-refractivity contribution in [3.8, 4) is 5.75 Å². The van der Waals surface area contributed by atoms with Gasteiger partial charge in [-0.3, -0.25) is 9.80 Å². The van der Waals surface area contributed by atoms with Gasteiger partial charge in [-0.1, -0.05) is 41.9 Å². The molecule has 2 N–H and O–H groups in total. The molecule has 2 aromatic rings. The number of halogens is 2. The molecule has 1 amide bonds. The van der Waals surface area contributed by atoms with E-state index >= 15 is 0 Å². The van der Waals surface area contributed by atoms with Crippen molar-refractivity contribution in [2.45, 2.75) is 56.2 Å². The first kappa shape index (κ1) is 26.2. The number of rotatable bonds is 7. The average molecular weight is 519 g/mol. The summed E-state index contributed by atoms with van der Waals surface area (Å²) in [6.45, 7) is -0.0966. The van der Waals surface area contributed by atoms with Gasteiger partial charge in [0, 0.05) is 18.0 Å². The first-order valence-corrected chi connectivity index (χ1v) is 12.6. The minimum atomic E-state index is -1.32. The van der Waals surface area contributed by atoms with E-state index in [-0.39, 0.29) is 29.3 Å². The number of hydrogen-bond donors (Lipinski definition) is 2. The summed E-state index contributed by atoms with van der Waals surface area (Å²) in [5.41, 5.74) is 1.92. The topological polar surface area (TPSA) is 90.3 Å². The van der Waals surface area contributed by atoms with Gasteiger partial charge in [-0.25, -0.2) is 14.0 Å². The molecular formula is C27H32ClFN2O5. The predicted octanol–water partition coefficient (Wildman–Crippen LogP) is 5.25. The lowest BCUT2D eigenvalue weighted by atomic mass is 9.70. The Morgan fingerprint density at radius 1 is 1.17 bits per heavy atom. The molecule has 2 aromatic carbocycles. The zero-order chi connectivity index (χ0) is 26.0. The number of hydrogen-bond acceptors (Lipinski definition) is 4. The van der Waals surface area contributed by atoms with Crippen LogP contribution in [-0.4, -0.2) is 64.9 Å². The molecule has 0 unspecified atom stereocenters. The van der Waals surface area contributed by atoms with E-state index < -0.39 is 30.0 Å². The molecule has 0 spiro atoms. The lowest BCUT2D eigenvalue weighted by Gasteiger charge is -2.45. The van der Waals surface area contributed by atoms with Crippen LogP contribution in [0.1, 0.15) is 43.2 Å². The second kappa shape index (κ2) is 10.6. The summed E-state index contributed by atoms with van der Waals surface area (Å²) in [5.74, 6) is -1.27. The van der Waals surface area contributed by atoms with Gasteiger partial charge in [-0.05, 0) is 69.3 Å². The van der Waals surface area contributed by atoms with Crippen LogP contribution in [0.15, 0.2) is 42.5 Å². The van der Waals surface area contributed by atoms with E-state index in [1.165, 1.54) is 11.6 Å². The van der Waals surface area contributed by atoms with Crippen LogP contribution < -0.4 is 4.74 Å². The van der Waals surface area contributed by atoms with Crippen LogP contribution in [0.2, 0.25) is 5.02 Å². The van der Waals surface area contributed by atoms with E-state index in [2.05, 4.69) is 43.3 Å². The molecule has 1 saturated heterocycles. The quantitative estimate of drug-likeness (QED) is 0.520. The Morgan fingerprint density at radius 2 is 1.83 bits per heavy atom. The number of aliphatic carboxylic acids is 1. The Kier molecular flexibility index (Phi) is 7.76. The van der Waals surface area contributed by atoms with Gasteiger partial charge < -0.3 is 14.9 Å². The number of amides is 1. The summed E-state index contributed by atoms with van der Waals surface area (Å²) >= 11 is 6.33. The molecular weight excluding hydrogens is 487 g/mol. The molecule has 1 aliphatic heterocycles. The molecule has 0 aromatic heterocycles. The smallest absolute Gasteiger partial charge is 0.408 e. The Bertz CT molecular complexity index is 1080. The van der Waals surface area contributed by atoms with Crippen LogP contribution in [0, 0.1) is 11.7 Å². The first-order valence-electron chi connectivity index (χ1n) is 12.2. The third kappa shape index (κ3) is 5.30. The lowest BCUT2D eigenvalue weighted by molar-refractivity contribution is -0.141. The summed E-state index contributed by atoms with van der Waals surface area (Å²) in [4.78, 5) is 26.0. The summed E-state index contributed by atoms with van der Waals surface area (Å²) in [7, 11) is 4.23. The molecule has 0 radical (unpaired) electrons. The first-order chi connectivity index (χ1) is 17.1. The van der Waals surface area contributed by atoms with Crippen molar-refractivity contribution in [3.63, 3.8) is 0 Å². The molecule has 1 heterocycles. The molecule has 0 bridgehead atoms. The van der Waals surface area contributed by atoms with E-state index in [1.807, 2.05) is 6.07 Å².